The number of aromatic amines is 1. The minimum atomic E-state index is -0.400. The number of hydrogen-bond acceptors (Lipinski definition) is 4. The zero-order valence-electron chi connectivity index (χ0n) is 19.2. The lowest BCUT2D eigenvalue weighted by Gasteiger charge is -2.36. The van der Waals surface area contributed by atoms with E-state index in [1.807, 2.05) is 23.1 Å². The van der Waals surface area contributed by atoms with E-state index >= 15 is 0 Å². The van der Waals surface area contributed by atoms with Crippen LogP contribution in [0.3, 0.4) is 0 Å². The van der Waals surface area contributed by atoms with Crippen LogP contribution in [0, 0.1) is 5.82 Å². The van der Waals surface area contributed by atoms with E-state index in [4.69, 9.17) is 14.2 Å². The summed E-state index contributed by atoms with van der Waals surface area (Å²) < 4.78 is 30.1. The molecule has 0 unspecified atom stereocenters. The fourth-order valence-electron chi connectivity index (χ4n) is 4.82. The van der Waals surface area contributed by atoms with Gasteiger partial charge in [0.25, 0.3) is 5.91 Å². The van der Waals surface area contributed by atoms with Gasteiger partial charge in [-0.3, -0.25) is 4.79 Å². The summed E-state index contributed by atoms with van der Waals surface area (Å²) in [4.78, 5) is 19.2. The van der Waals surface area contributed by atoms with Crippen molar-refractivity contribution >= 4 is 16.8 Å². The third-order valence-corrected chi connectivity index (χ3v) is 6.39. The number of hydrogen-bond donors (Lipinski definition) is 1. The van der Waals surface area contributed by atoms with Gasteiger partial charge in [0.15, 0.2) is 11.5 Å². The molecular formula is C27H25FN2O4. The van der Waals surface area contributed by atoms with Crippen molar-refractivity contribution in [2.75, 3.05) is 27.9 Å². The lowest BCUT2D eigenvalue weighted by Crippen LogP contribution is -2.40. The Morgan fingerprint density at radius 3 is 2.29 bits per heavy atom. The van der Waals surface area contributed by atoms with Crippen LogP contribution in [0.15, 0.2) is 60.7 Å². The monoisotopic (exact) mass is 460 g/mol. The summed E-state index contributed by atoms with van der Waals surface area (Å²) in [6, 6.07) is 17.3. The number of carbonyl (C=O) groups is 1. The molecule has 1 atom stereocenters. The number of para-hydroxylation sites is 1. The van der Waals surface area contributed by atoms with Crippen molar-refractivity contribution < 1.29 is 23.4 Å². The summed E-state index contributed by atoms with van der Waals surface area (Å²) in [5.41, 5.74) is 4.39. The first-order valence-corrected chi connectivity index (χ1v) is 11.0. The van der Waals surface area contributed by atoms with Gasteiger partial charge in [-0.2, -0.15) is 0 Å². The van der Waals surface area contributed by atoms with Crippen molar-refractivity contribution in [3.8, 4) is 17.2 Å². The Labute approximate surface area is 196 Å². The number of aromatic nitrogens is 1. The molecule has 6 nitrogen and oxygen atoms in total. The number of ether oxygens (including phenoxy) is 3. The molecule has 5 rings (SSSR count). The highest BCUT2D eigenvalue weighted by Gasteiger charge is 2.35. The minimum absolute atomic E-state index is 0.183. The molecule has 1 aliphatic rings. The lowest BCUT2D eigenvalue weighted by atomic mass is 9.91. The molecule has 0 radical (unpaired) electrons. The maximum atomic E-state index is 13.9. The highest BCUT2D eigenvalue weighted by molar-refractivity contribution is 5.97. The number of halogens is 1. The van der Waals surface area contributed by atoms with Crippen LogP contribution in [0.2, 0.25) is 0 Å². The topological polar surface area (TPSA) is 63.8 Å². The quantitative estimate of drug-likeness (QED) is 0.449. The molecule has 1 N–H and O–H groups in total. The van der Waals surface area contributed by atoms with Gasteiger partial charge in [-0.1, -0.05) is 30.3 Å². The van der Waals surface area contributed by atoms with E-state index in [-0.39, 0.29) is 11.7 Å². The van der Waals surface area contributed by atoms with E-state index in [0.29, 0.717) is 35.8 Å². The lowest BCUT2D eigenvalue weighted by molar-refractivity contribution is 0.0691. The van der Waals surface area contributed by atoms with Gasteiger partial charge in [0.1, 0.15) is 5.82 Å². The molecule has 0 fully saturated rings. The maximum Gasteiger partial charge on any atom is 0.254 e. The molecule has 1 aliphatic heterocycles. The van der Waals surface area contributed by atoms with Crippen LogP contribution in [-0.2, 0) is 6.42 Å². The number of carbonyl (C=O) groups excluding carboxylic acids is 1. The van der Waals surface area contributed by atoms with E-state index in [9.17, 15) is 9.18 Å². The second-order valence-electron chi connectivity index (χ2n) is 8.18. The van der Waals surface area contributed by atoms with E-state index in [0.717, 1.165) is 22.2 Å². The highest BCUT2D eigenvalue weighted by atomic mass is 19.1. The first-order valence-electron chi connectivity index (χ1n) is 11.0. The summed E-state index contributed by atoms with van der Waals surface area (Å²) in [5, 5.41) is 1.14. The molecule has 0 saturated carbocycles. The molecule has 3 aromatic carbocycles. The Bertz CT molecular complexity index is 1340. The first-order chi connectivity index (χ1) is 16.5. The Hall–Kier alpha value is -4.00. The maximum absolute atomic E-state index is 13.9. The van der Waals surface area contributed by atoms with Crippen molar-refractivity contribution in [1.82, 2.24) is 9.88 Å². The summed E-state index contributed by atoms with van der Waals surface area (Å²) in [6.45, 7) is 0.506. The zero-order valence-corrected chi connectivity index (χ0v) is 19.2. The van der Waals surface area contributed by atoms with Gasteiger partial charge in [-0.05, 0) is 47.9 Å². The average molecular weight is 461 g/mol. The fourth-order valence-corrected chi connectivity index (χ4v) is 4.82. The third-order valence-electron chi connectivity index (χ3n) is 6.39. The Morgan fingerprint density at radius 1 is 0.971 bits per heavy atom. The van der Waals surface area contributed by atoms with E-state index in [1.54, 1.807) is 24.3 Å². The third kappa shape index (κ3) is 3.53. The molecule has 1 amide bonds. The number of nitrogens with zero attached hydrogens (tertiary/aromatic N) is 1. The summed E-state index contributed by atoms with van der Waals surface area (Å²) in [6.07, 6.45) is 0.702. The van der Waals surface area contributed by atoms with Crippen LogP contribution in [0.25, 0.3) is 10.9 Å². The van der Waals surface area contributed by atoms with Crippen LogP contribution in [0.4, 0.5) is 4.39 Å². The molecule has 174 valence electrons. The molecule has 7 heteroatoms. The van der Waals surface area contributed by atoms with E-state index < -0.39 is 6.04 Å². The van der Waals surface area contributed by atoms with Crippen LogP contribution in [0.5, 0.6) is 17.2 Å². The Balaban J connectivity index is 1.64. The molecule has 4 aromatic rings. The first kappa shape index (κ1) is 21.8. The molecule has 2 heterocycles. The number of amides is 1. The number of benzene rings is 3. The fraction of sp³-hybridized carbons (Fsp3) is 0.222. The van der Waals surface area contributed by atoms with Crippen molar-refractivity contribution in [2.45, 2.75) is 12.5 Å². The van der Waals surface area contributed by atoms with Gasteiger partial charge in [0.2, 0.25) is 5.75 Å². The van der Waals surface area contributed by atoms with E-state index in [2.05, 4.69) is 11.1 Å². The van der Waals surface area contributed by atoms with Gasteiger partial charge in [0, 0.05) is 28.7 Å². The molecule has 0 aliphatic carbocycles. The Morgan fingerprint density at radius 2 is 1.65 bits per heavy atom. The average Bonchev–Trinajstić information content (AvgIpc) is 3.26. The SMILES string of the molecule is COc1cc(C(=O)N2CCc3c([nH]c4ccccc34)[C@@H]2c2ccc(F)cc2)cc(OC)c1OC. The summed E-state index contributed by atoms with van der Waals surface area (Å²) >= 11 is 0. The number of fused-ring (bicyclic) bond motifs is 3. The van der Waals surface area contributed by atoms with Crippen molar-refractivity contribution in [3.63, 3.8) is 0 Å². The summed E-state index contributed by atoms with van der Waals surface area (Å²) in [7, 11) is 4.56. The van der Waals surface area contributed by atoms with Crippen LogP contribution in [-0.4, -0.2) is 43.7 Å². The molecular weight excluding hydrogens is 435 g/mol. The molecule has 0 saturated heterocycles. The van der Waals surface area contributed by atoms with E-state index in [1.165, 1.54) is 39.0 Å². The van der Waals surface area contributed by atoms with Crippen LogP contribution >= 0.6 is 0 Å². The summed E-state index contributed by atoms with van der Waals surface area (Å²) in [5.74, 6) is 0.740. The van der Waals surface area contributed by atoms with Gasteiger partial charge in [-0.15, -0.1) is 0 Å². The molecule has 0 spiro atoms. The van der Waals surface area contributed by atoms with Crippen molar-refractivity contribution in [2.24, 2.45) is 0 Å². The second kappa shape index (κ2) is 8.74. The largest absolute Gasteiger partial charge is 0.493 e. The molecule has 0 bridgehead atoms. The highest BCUT2D eigenvalue weighted by Crippen LogP contribution is 2.42. The number of rotatable bonds is 5. The normalized spacial score (nSPS) is 15.2. The van der Waals surface area contributed by atoms with Gasteiger partial charge >= 0.3 is 0 Å². The van der Waals surface area contributed by atoms with Gasteiger partial charge < -0.3 is 24.1 Å². The predicted molar refractivity (Wildman–Crippen MR) is 127 cm³/mol. The van der Waals surface area contributed by atoms with Gasteiger partial charge in [-0.25, -0.2) is 4.39 Å². The van der Waals surface area contributed by atoms with Gasteiger partial charge in [0.05, 0.1) is 27.4 Å². The second-order valence-corrected chi connectivity index (χ2v) is 8.18. The number of H-pyrrole nitrogens is 1. The Kier molecular flexibility index (Phi) is 5.61. The predicted octanol–water partition coefficient (Wildman–Crippen LogP) is 5.12. The van der Waals surface area contributed by atoms with Crippen LogP contribution < -0.4 is 14.2 Å². The number of methoxy groups -OCH3 is 3. The minimum Gasteiger partial charge on any atom is -0.493 e. The smallest absolute Gasteiger partial charge is 0.254 e. The molecule has 34 heavy (non-hydrogen) atoms. The van der Waals surface area contributed by atoms with Crippen LogP contribution in [0.1, 0.15) is 33.2 Å². The standard InChI is InChI=1S/C27H25FN2O4/c1-32-22-14-17(15-23(33-2)26(22)34-3)27(31)30-13-12-20-19-6-4-5-7-21(19)29-24(20)25(30)16-8-10-18(28)11-9-16/h4-11,14-15,25,29H,12-13H2,1-3H3/t25-/m0/s1. The zero-order chi connectivity index (χ0) is 23.8. The van der Waals surface area contributed by atoms with Crippen molar-refractivity contribution in [3.05, 3.63) is 88.9 Å². The number of nitrogens with one attached hydrogen (secondary N) is 1. The molecule has 1 aromatic heterocycles. The van der Waals surface area contributed by atoms with Crippen molar-refractivity contribution in [1.29, 1.82) is 0 Å².